The molecule has 1 N–H and O–H groups in total. The predicted molar refractivity (Wildman–Crippen MR) is 83.3 cm³/mol. The average Bonchev–Trinajstić information content (AvgIpc) is 3.04. The van der Waals surface area contributed by atoms with E-state index < -0.39 is 0 Å². The van der Waals surface area contributed by atoms with E-state index in [1.165, 1.54) is 11.8 Å². The zero-order valence-corrected chi connectivity index (χ0v) is 12.3. The maximum absolute atomic E-state index is 11.8. The summed E-state index contributed by atoms with van der Waals surface area (Å²) in [4.78, 5) is 15.8. The van der Waals surface area contributed by atoms with Crippen LogP contribution in [0.1, 0.15) is 0 Å². The third-order valence-corrected chi connectivity index (χ3v) is 3.52. The van der Waals surface area contributed by atoms with E-state index in [0.29, 0.717) is 11.1 Å². The summed E-state index contributed by atoms with van der Waals surface area (Å²) in [7, 11) is 0. The van der Waals surface area contributed by atoms with E-state index in [1.807, 2.05) is 36.4 Å². The number of thioether (sulfide) groups is 1. The van der Waals surface area contributed by atoms with Gasteiger partial charge < -0.3 is 9.73 Å². The van der Waals surface area contributed by atoms with Gasteiger partial charge >= 0.3 is 0 Å². The van der Waals surface area contributed by atoms with Crippen LogP contribution in [-0.4, -0.2) is 26.8 Å². The van der Waals surface area contributed by atoms with Crippen molar-refractivity contribution < 1.29 is 9.21 Å². The summed E-state index contributed by atoms with van der Waals surface area (Å²) < 4.78 is 5.49. The Balaban J connectivity index is 1.56. The van der Waals surface area contributed by atoms with Crippen LogP contribution >= 0.6 is 11.8 Å². The number of anilines is 1. The van der Waals surface area contributed by atoms with Crippen LogP contribution < -0.4 is 5.32 Å². The molecule has 0 bridgehead atoms. The quantitative estimate of drug-likeness (QED) is 0.730. The van der Waals surface area contributed by atoms with E-state index in [1.54, 1.807) is 18.5 Å². The second-order valence-electron chi connectivity index (χ2n) is 4.32. The van der Waals surface area contributed by atoms with Crippen molar-refractivity contribution in [2.24, 2.45) is 0 Å². The third kappa shape index (κ3) is 3.70. The van der Waals surface area contributed by atoms with Crippen molar-refractivity contribution in [3.05, 3.63) is 54.9 Å². The first-order chi connectivity index (χ1) is 10.8. The molecule has 0 saturated heterocycles. The van der Waals surface area contributed by atoms with Crippen LogP contribution in [0.25, 0.3) is 11.5 Å². The van der Waals surface area contributed by atoms with Gasteiger partial charge in [-0.1, -0.05) is 30.0 Å². The van der Waals surface area contributed by atoms with E-state index in [0.717, 1.165) is 11.3 Å². The Labute approximate surface area is 131 Å². The Morgan fingerprint density at radius 2 is 2.00 bits per heavy atom. The topological polar surface area (TPSA) is 80.9 Å². The number of amides is 1. The van der Waals surface area contributed by atoms with Crippen molar-refractivity contribution in [2.75, 3.05) is 11.1 Å². The number of carbonyl (C=O) groups is 1. The van der Waals surface area contributed by atoms with Gasteiger partial charge in [0.1, 0.15) is 0 Å². The first kappa shape index (κ1) is 14.3. The van der Waals surface area contributed by atoms with Gasteiger partial charge in [0.05, 0.1) is 11.3 Å². The lowest BCUT2D eigenvalue weighted by Gasteiger charge is -2.02. The molecule has 0 radical (unpaired) electrons. The molecule has 0 fully saturated rings. The van der Waals surface area contributed by atoms with E-state index in [9.17, 15) is 4.79 Å². The summed E-state index contributed by atoms with van der Waals surface area (Å²) in [5.74, 6) is 0.459. The van der Waals surface area contributed by atoms with E-state index in [2.05, 4.69) is 20.5 Å². The molecule has 2 heterocycles. The van der Waals surface area contributed by atoms with Gasteiger partial charge in [-0.15, -0.1) is 10.2 Å². The summed E-state index contributed by atoms with van der Waals surface area (Å²) in [5, 5.41) is 11.0. The summed E-state index contributed by atoms with van der Waals surface area (Å²) in [5.41, 5.74) is 1.50. The fourth-order valence-corrected chi connectivity index (χ4v) is 2.28. The maximum Gasteiger partial charge on any atom is 0.277 e. The summed E-state index contributed by atoms with van der Waals surface area (Å²) in [6.45, 7) is 0. The molecule has 1 aromatic carbocycles. The SMILES string of the molecule is O=C(CSc1nnc(-c2cccnc2)o1)Nc1ccccc1. The molecule has 0 atom stereocenters. The number of pyridine rings is 1. The Hall–Kier alpha value is -2.67. The highest BCUT2D eigenvalue weighted by Gasteiger charge is 2.11. The molecule has 0 aliphatic heterocycles. The Kier molecular flexibility index (Phi) is 4.45. The normalized spacial score (nSPS) is 10.4. The van der Waals surface area contributed by atoms with Gasteiger partial charge in [-0.3, -0.25) is 9.78 Å². The lowest BCUT2D eigenvalue weighted by atomic mass is 10.3. The molecule has 2 aromatic heterocycles. The molecule has 0 aliphatic carbocycles. The highest BCUT2D eigenvalue weighted by atomic mass is 32.2. The Bertz CT molecular complexity index is 747. The highest BCUT2D eigenvalue weighted by molar-refractivity contribution is 7.99. The molecule has 0 spiro atoms. The van der Waals surface area contributed by atoms with Crippen LogP contribution in [0, 0.1) is 0 Å². The minimum absolute atomic E-state index is 0.127. The Morgan fingerprint density at radius 1 is 1.14 bits per heavy atom. The molecule has 1 amide bonds. The predicted octanol–water partition coefficient (Wildman–Crippen LogP) is 2.86. The fraction of sp³-hybridized carbons (Fsp3) is 0.0667. The van der Waals surface area contributed by atoms with Gasteiger partial charge in [0.2, 0.25) is 11.8 Å². The Morgan fingerprint density at radius 3 is 2.77 bits per heavy atom. The van der Waals surface area contributed by atoms with Gasteiger partial charge in [0.15, 0.2) is 0 Å². The van der Waals surface area contributed by atoms with Crippen LogP contribution in [0.4, 0.5) is 5.69 Å². The number of nitrogens with zero attached hydrogens (tertiary/aromatic N) is 3. The second kappa shape index (κ2) is 6.86. The lowest BCUT2D eigenvalue weighted by molar-refractivity contribution is -0.113. The number of para-hydroxylation sites is 1. The number of hydrogen-bond donors (Lipinski definition) is 1. The van der Waals surface area contributed by atoms with Gasteiger partial charge in [-0.25, -0.2) is 0 Å². The fourth-order valence-electron chi connectivity index (χ4n) is 1.72. The summed E-state index contributed by atoms with van der Waals surface area (Å²) in [6.07, 6.45) is 3.31. The van der Waals surface area contributed by atoms with Crippen molar-refractivity contribution >= 4 is 23.4 Å². The smallest absolute Gasteiger partial charge is 0.277 e. The van der Waals surface area contributed by atoms with Crippen molar-refractivity contribution in [1.29, 1.82) is 0 Å². The van der Waals surface area contributed by atoms with E-state index in [4.69, 9.17) is 4.42 Å². The molecule has 3 aromatic rings. The van der Waals surface area contributed by atoms with Gasteiger partial charge in [-0.2, -0.15) is 0 Å². The zero-order valence-electron chi connectivity index (χ0n) is 11.5. The number of carbonyl (C=O) groups excluding carboxylic acids is 1. The molecule has 0 saturated carbocycles. The molecule has 0 unspecified atom stereocenters. The van der Waals surface area contributed by atoms with Gasteiger partial charge in [0.25, 0.3) is 5.22 Å². The van der Waals surface area contributed by atoms with Crippen LogP contribution in [0.3, 0.4) is 0 Å². The minimum Gasteiger partial charge on any atom is -0.411 e. The second-order valence-corrected chi connectivity index (χ2v) is 5.24. The van der Waals surface area contributed by atoms with Crippen molar-refractivity contribution in [3.8, 4) is 11.5 Å². The molecule has 3 rings (SSSR count). The molecule has 22 heavy (non-hydrogen) atoms. The van der Waals surface area contributed by atoms with Gasteiger partial charge in [-0.05, 0) is 24.3 Å². The average molecular weight is 312 g/mol. The van der Waals surface area contributed by atoms with Crippen LogP contribution in [0.2, 0.25) is 0 Å². The molecule has 110 valence electrons. The first-order valence-corrected chi connectivity index (χ1v) is 7.51. The first-order valence-electron chi connectivity index (χ1n) is 6.53. The number of benzene rings is 1. The molecular formula is C15H12N4O2S. The molecule has 6 nitrogen and oxygen atoms in total. The number of aromatic nitrogens is 3. The lowest BCUT2D eigenvalue weighted by Crippen LogP contribution is -2.13. The van der Waals surface area contributed by atoms with E-state index in [-0.39, 0.29) is 11.7 Å². The third-order valence-electron chi connectivity index (χ3n) is 2.70. The van der Waals surface area contributed by atoms with Crippen LogP contribution in [0.5, 0.6) is 0 Å². The van der Waals surface area contributed by atoms with Crippen molar-refractivity contribution in [2.45, 2.75) is 5.22 Å². The summed E-state index contributed by atoms with van der Waals surface area (Å²) >= 11 is 1.19. The van der Waals surface area contributed by atoms with Crippen LogP contribution in [0.15, 0.2) is 64.5 Å². The minimum atomic E-state index is -0.127. The molecule has 0 aliphatic rings. The summed E-state index contributed by atoms with van der Waals surface area (Å²) in [6, 6.07) is 12.9. The number of rotatable bonds is 5. The van der Waals surface area contributed by atoms with Crippen molar-refractivity contribution in [1.82, 2.24) is 15.2 Å². The number of nitrogens with one attached hydrogen (secondary N) is 1. The van der Waals surface area contributed by atoms with Crippen LogP contribution in [-0.2, 0) is 4.79 Å². The monoisotopic (exact) mass is 312 g/mol. The standard InChI is InChI=1S/C15H12N4O2S/c20-13(17-12-6-2-1-3-7-12)10-22-15-19-18-14(21-15)11-5-4-8-16-9-11/h1-9H,10H2,(H,17,20). The maximum atomic E-state index is 11.8. The van der Waals surface area contributed by atoms with Gasteiger partial charge in [0, 0.05) is 18.1 Å². The molecular weight excluding hydrogens is 300 g/mol. The zero-order chi connectivity index (χ0) is 15.2. The number of hydrogen-bond acceptors (Lipinski definition) is 6. The molecule has 7 heteroatoms. The van der Waals surface area contributed by atoms with E-state index >= 15 is 0 Å². The largest absolute Gasteiger partial charge is 0.411 e. The van der Waals surface area contributed by atoms with Crippen molar-refractivity contribution in [3.63, 3.8) is 0 Å². The highest BCUT2D eigenvalue weighted by Crippen LogP contribution is 2.22.